The van der Waals surface area contributed by atoms with Crippen molar-refractivity contribution in [3.63, 3.8) is 0 Å². The second kappa shape index (κ2) is 4.92. The van der Waals surface area contributed by atoms with Crippen molar-refractivity contribution in [2.24, 2.45) is 0 Å². The number of carbonyl (C=O) groups excluding carboxylic acids is 1. The number of rotatable bonds is 3. The van der Waals surface area contributed by atoms with Crippen molar-refractivity contribution in [2.45, 2.75) is 18.2 Å². The highest BCUT2D eigenvalue weighted by molar-refractivity contribution is 7.80. The van der Waals surface area contributed by atoms with Gasteiger partial charge in [-0.15, -0.1) is 12.6 Å². The van der Waals surface area contributed by atoms with Crippen molar-refractivity contribution in [3.05, 3.63) is 29.8 Å². The van der Waals surface area contributed by atoms with Crippen LogP contribution in [0.2, 0.25) is 0 Å². The molecule has 0 amide bonds. The maximum atomic E-state index is 11.1. The second-order valence-corrected chi connectivity index (χ2v) is 3.09. The predicted octanol–water partition coefficient (Wildman–Crippen LogP) is 2.08. The molecule has 70 valence electrons. The second-order valence-electron chi connectivity index (χ2n) is 2.61. The van der Waals surface area contributed by atoms with Crippen LogP contribution >= 0.6 is 12.6 Å². The number of carbonyl (C=O) groups is 1. The largest absolute Gasteiger partial charge is 0.466 e. The van der Waals surface area contributed by atoms with E-state index in [0.717, 1.165) is 10.5 Å². The molecule has 13 heavy (non-hydrogen) atoms. The molecule has 0 aliphatic rings. The van der Waals surface area contributed by atoms with Gasteiger partial charge in [0.1, 0.15) is 0 Å². The Bertz CT molecular complexity index is 297. The summed E-state index contributed by atoms with van der Waals surface area (Å²) >= 11 is 4.23. The normalized spacial score (nSPS) is 9.69. The number of hydrogen-bond donors (Lipinski definition) is 1. The van der Waals surface area contributed by atoms with Crippen LogP contribution in [0.5, 0.6) is 0 Å². The summed E-state index contributed by atoms with van der Waals surface area (Å²) in [4.78, 5) is 11.9. The van der Waals surface area contributed by atoms with Crippen LogP contribution in [-0.2, 0) is 16.0 Å². The zero-order valence-electron chi connectivity index (χ0n) is 7.49. The molecule has 0 bridgehead atoms. The summed E-state index contributed by atoms with van der Waals surface area (Å²) < 4.78 is 4.83. The van der Waals surface area contributed by atoms with E-state index in [2.05, 4.69) is 12.6 Å². The molecule has 1 aromatic rings. The molecule has 0 heterocycles. The number of benzene rings is 1. The average Bonchev–Trinajstić information content (AvgIpc) is 2.09. The zero-order chi connectivity index (χ0) is 9.68. The minimum atomic E-state index is -0.205. The minimum absolute atomic E-state index is 0.205. The molecule has 0 atom stereocenters. The van der Waals surface area contributed by atoms with Crippen LogP contribution in [-0.4, -0.2) is 12.6 Å². The third-order valence-electron chi connectivity index (χ3n) is 1.63. The topological polar surface area (TPSA) is 26.3 Å². The van der Waals surface area contributed by atoms with Crippen LogP contribution in [0.25, 0.3) is 0 Å². The summed E-state index contributed by atoms with van der Waals surface area (Å²) in [6, 6.07) is 7.50. The van der Waals surface area contributed by atoms with E-state index in [0.29, 0.717) is 13.0 Å². The molecular formula is C10H12O2S. The Hall–Kier alpha value is -0.960. The molecule has 0 radical (unpaired) electrons. The summed E-state index contributed by atoms with van der Waals surface area (Å²) in [5.74, 6) is -0.205. The molecule has 3 heteroatoms. The van der Waals surface area contributed by atoms with Gasteiger partial charge in [0, 0.05) is 4.90 Å². The fourth-order valence-electron chi connectivity index (χ4n) is 1.03. The van der Waals surface area contributed by atoms with Crippen molar-refractivity contribution >= 4 is 18.6 Å². The molecule has 2 nitrogen and oxygen atoms in total. The highest BCUT2D eigenvalue weighted by atomic mass is 32.1. The van der Waals surface area contributed by atoms with E-state index in [-0.39, 0.29) is 5.97 Å². The van der Waals surface area contributed by atoms with Gasteiger partial charge in [-0.2, -0.15) is 0 Å². The Morgan fingerprint density at radius 3 is 2.77 bits per heavy atom. The van der Waals surface area contributed by atoms with Crippen molar-refractivity contribution in [2.75, 3.05) is 6.61 Å². The Balaban J connectivity index is 2.63. The van der Waals surface area contributed by atoms with Gasteiger partial charge in [-0.25, -0.2) is 0 Å². The standard InChI is InChI=1S/C10H12O2S/c1-2-12-10(11)7-8-5-3-4-6-9(8)13/h3-6,13H,2,7H2,1H3. The van der Waals surface area contributed by atoms with E-state index in [1.54, 1.807) is 6.92 Å². The molecule has 0 aliphatic carbocycles. The Morgan fingerprint density at radius 1 is 1.46 bits per heavy atom. The van der Waals surface area contributed by atoms with Gasteiger partial charge in [0.05, 0.1) is 13.0 Å². The quantitative estimate of drug-likeness (QED) is 0.591. The smallest absolute Gasteiger partial charge is 0.310 e. The van der Waals surface area contributed by atoms with Gasteiger partial charge in [0.2, 0.25) is 0 Å². The zero-order valence-corrected chi connectivity index (χ0v) is 8.38. The minimum Gasteiger partial charge on any atom is -0.466 e. The lowest BCUT2D eigenvalue weighted by atomic mass is 10.1. The van der Waals surface area contributed by atoms with E-state index in [1.165, 1.54) is 0 Å². The highest BCUT2D eigenvalue weighted by Gasteiger charge is 2.05. The monoisotopic (exact) mass is 196 g/mol. The molecule has 0 aliphatic heterocycles. The molecule has 1 rings (SSSR count). The molecule has 0 spiro atoms. The van der Waals surface area contributed by atoms with E-state index in [1.807, 2.05) is 24.3 Å². The molecule has 0 unspecified atom stereocenters. The van der Waals surface area contributed by atoms with Gasteiger partial charge in [-0.1, -0.05) is 18.2 Å². The summed E-state index contributed by atoms with van der Waals surface area (Å²) in [5, 5.41) is 0. The third-order valence-corrected chi connectivity index (χ3v) is 2.07. The van der Waals surface area contributed by atoms with Crippen molar-refractivity contribution in [1.82, 2.24) is 0 Å². The number of esters is 1. The number of thiol groups is 1. The maximum Gasteiger partial charge on any atom is 0.310 e. The first-order valence-electron chi connectivity index (χ1n) is 4.16. The lowest BCUT2D eigenvalue weighted by molar-refractivity contribution is -0.142. The lowest BCUT2D eigenvalue weighted by Crippen LogP contribution is -2.07. The van der Waals surface area contributed by atoms with Crippen LogP contribution in [0.1, 0.15) is 12.5 Å². The average molecular weight is 196 g/mol. The van der Waals surface area contributed by atoms with Gasteiger partial charge in [-0.3, -0.25) is 4.79 Å². The van der Waals surface area contributed by atoms with Crippen molar-refractivity contribution < 1.29 is 9.53 Å². The molecule has 0 N–H and O–H groups in total. The molecule has 0 saturated carbocycles. The molecule has 0 aromatic heterocycles. The van der Waals surface area contributed by atoms with E-state index >= 15 is 0 Å². The lowest BCUT2D eigenvalue weighted by Gasteiger charge is -2.03. The van der Waals surface area contributed by atoms with Crippen LogP contribution < -0.4 is 0 Å². The van der Waals surface area contributed by atoms with Crippen LogP contribution in [0.4, 0.5) is 0 Å². The highest BCUT2D eigenvalue weighted by Crippen LogP contribution is 2.13. The third kappa shape index (κ3) is 3.11. The SMILES string of the molecule is CCOC(=O)Cc1ccccc1S. The van der Waals surface area contributed by atoms with Crippen LogP contribution in [0, 0.1) is 0 Å². The summed E-state index contributed by atoms with van der Waals surface area (Å²) in [5.41, 5.74) is 0.907. The molecule has 0 saturated heterocycles. The predicted molar refractivity (Wildman–Crippen MR) is 54.0 cm³/mol. The van der Waals surface area contributed by atoms with Crippen molar-refractivity contribution in [1.29, 1.82) is 0 Å². The Kier molecular flexibility index (Phi) is 3.83. The fraction of sp³-hybridized carbons (Fsp3) is 0.300. The summed E-state index contributed by atoms with van der Waals surface area (Å²) in [6.07, 6.45) is 0.299. The first kappa shape index (κ1) is 10.1. The van der Waals surface area contributed by atoms with Gasteiger partial charge >= 0.3 is 5.97 Å². The van der Waals surface area contributed by atoms with Crippen LogP contribution in [0.15, 0.2) is 29.2 Å². The maximum absolute atomic E-state index is 11.1. The first-order valence-corrected chi connectivity index (χ1v) is 4.61. The molecule has 0 fully saturated rings. The van der Waals surface area contributed by atoms with Crippen molar-refractivity contribution in [3.8, 4) is 0 Å². The summed E-state index contributed by atoms with van der Waals surface area (Å²) in [6.45, 7) is 2.22. The fourth-order valence-corrected chi connectivity index (χ4v) is 1.27. The Morgan fingerprint density at radius 2 is 2.15 bits per heavy atom. The van der Waals surface area contributed by atoms with Crippen LogP contribution in [0.3, 0.4) is 0 Å². The number of ether oxygens (including phenoxy) is 1. The molecule has 1 aromatic carbocycles. The molecular weight excluding hydrogens is 184 g/mol. The van der Waals surface area contributed by atoms with E-state index < -0.39 is 0 Å². The van der Waals surface area contributed by atoms with E-state index in [4.69, 9.17) is 4.74 Å². The van der Waals surface area contributed by atoms with E-state index in [9.17, 15) is 4.79 Å². The Labute approximate surface area is 83.3 Å². The summed E-state index contributed by atoms with van der Waals surface area (Å²) in [7, 11) is 0. The van der Waals surface area contributed by atoms with Gasteiger partial charge < -0.3 is 4.74 Å². The van der Waals surface area contributed by atoms with Gasteiger partial charge in [-0.05, 0) is 18.6 Å². The first-order chi connectivity index (χ1) is 6.24. The number of hydrogen-bond acceptors (Lipinski definition) is 3. The van der Waals surface area contributed by atoms with Gasteiger partial charge in [0.25, 0.3) is 0 Å². The van der Waals surface area contributed by atoms with Gasteiger partial charge in [0.15, 0.2) is 0 Å².